The summed E-state index contributed by atoms with van der Waals surface area (Å²) in [6, 6.07) is 9.55. The van der Waals surface area contributed by atoms with Crippen LogP contribution in [0.1, 0.15) is 23.1 Å². The van der Waals surface area contributed by atoms with Gasteiger partial charge in [-0.3, -0.25) is 0 Å². The van der Waals surface area contributed by atoms with E-state index in [0.717, 1.165) is 5.56 Å². The number of aromatic nitrogens is 2. The van der Waals surface area contributed by atoms with E-state index in [-0.39, 0.29) is 0 Å². The van der Waals surface area contributed by atoms with Crippen molar-refractivity contribution in [2.45, 2.75) is 13.8 Å². The number of imidazole rings is 1. The first kappa shape index (κ1) is 13.1. The van der Waals surface area contributed by atoms with Crippen LogP contribution in [0, 0.1) is 6.92 Å². The van der Waals surface area contributed by atoms with Gasteiger partial charge in [0.15, 0.2) is 11.5 Å². The Morgan fingerprint density at radius 2 is 2.00 bits per heavy atom. The zero-order valence-electron chi connectivity index (χ0n) is 11.2. The second kappa shape index (κ2) is 5.56. The molecule has 0 bridgehead atoms. The maximum atomic E-state index is 11.9. The molecule has 5 nitrogen and oxygen atoms in total. The van der Waals surface area contributed by atoms with E-state index in [4.69, 9.17) is 9.57 Å². The Hall–Kier alpha value is -2.30. The minimum atomic E-state index is -0.434. The van der Waals surface area contributed by atoms with Crippen molar-refractivity contribution < 1.29 is 14.4 Å². The Labute approximate surface area is 111 Å². The summed E-state index contributed by atoms with van der Waals surface area (Å²) < 4.78 is 6.43. The highest BCUT2D eigenvalue weighted by atomic mass is 16.7. The van der Waals surface area contributed by atoms with E-state index in [0.29, 0.717) is 23.8 Å². The average Bonchev–Trinajstić information content (AvgIpc) is 2.76. The number of carbonyl (C=O) groups is 1. The maximum Gasteiger partial charge on any atom is 0.360 e. The van der Waals surface area contributed by atoms with E-state index in [2.05, 4.69) is 4.98 Å². The van der Waals surface area contributed by atoms with Crippen LogP contribution in [0.3, 0.4) is 0 Å². The fourth-order valence-corrected chi connectivity index (χ4v) is 1.89. The molecule has 0 aliphatic rings. The summed E-state index contributed by atoms with van der Waals surface area (Å²) in [5.74, 6) is 0.153. The lowest BCUT2D eigenvalue weighted by Crippen LogP contribution is -2.18. The molecule has 0 N–H and O–H groups in total. The van der Waals surface area contributed by atoms with Crippen molar-refractivity contribution in [3.05, 3.63) is 41.7 Å². The van der Waals surface area contributed by atoms with E-state index >= 15 is 0 Å². The predicted molar refractivity (Wildman–Crippen MR) is 70.9 cm³/mol. The van der Waals surface area contributed by atoms with Crippen molar-refractivity contribution in [2.24, 2.45) is 0 Å². The van der Waals surface area contributed by atoms with Gasteiger partial charge in [-0.25, -0.2) is 9.78 Å². The molecule has 19 heavy (non-hydrogen) atoms. The number of aryl methyl sites for hydroxylation is 1. The lowest BCUT2D eigenvalue weighted by Gasteiger charge is -2.09. The van der Waals surface area contributed by atoms with Gasteiger partial charge in [-0.05, 0) is 13.8 Å². The van der Waals surface area contributed by atoms with Crippen molar-refractivity contribution in [1.29, 1.82) is 0 Å². The quantitative estimate of drug-likeness (QED) is 0.790. The molecule has 2 aromatic rings. The summed E-state index contributed by atoms with van der Waals surface area (Å²) in [6.07, 6.45) is 0. The highest BCUT2D eigenvalue weighted by Gasteiger charge is 2.23. The van der Waals surface area contributed by atoms with Crippen LogP contribution in [-0.2, 0) is 4.74 Å². The van der Waals surface area contributed by atoms with Gasteiger partial charge in [0.1, 0.15) is 7.11 Å². The third kappa shape index (κ3) is 2.45. The summed E-state index contributed by atoms with van der Waals surface area (Å²) in [5.41, 5.74) is 1.78. The zero-order chi connectivity index (χ0) is 13.8. The summed E-state index contributed by atoms with van der Waals surface area (Å²) >= 11 is 0. The lowest BCUT2D eigenvalue weighted by atomic mass is 10.2. The molecule has 0 amide bonds. The standard InChI is InChI=1S/C14H16N2O3/c1-4-19-14(17)12-10(2)15-13(16(12)18-3)11-8-6-5-7-9-11/h5-9H,4H2,1-3H3. The second-order valence-electron chi connectivity index (χ2n) is 3.93. The predicted octanol–water partition coefficient (Wildman–Crippen LogP) is 2.09. The third-order valence-electron chi connectivity index (χ3n) is 2.70. The lowest BCUT2D eigenvalue weighted by molar-refractivity contribution is 0.0473. The first-order valence-electron chi connectivity index (χ1n) is 6.05. The molecule has 1 aromatic carbocycles. The normalized spacial score (nSPS) is 10.3. The minimum Gasteiger partial charge on any atom is -0.461 e. The Morgan fingerprint density at radius 1 is 1.32 bits per heavy atom. The number of ether oxygens (including phenoxy) is 1. The van der Waals surface area contributed by atoms with Crippen LogP contribution in [0.2, 0.25) is 0 Å². The van der Waals surface area contributed by atoms with E-state index in [9.17, 15) is 4.79 Å². The number of carbonyl (C=O) groups excluding carboxylic acids is 1. The fraction of sp³-hybridized carbons (Fsp3) is 0.286. The number of hydrogen-bond acceptors (Lipinski definition) is 4. The molecule has 0 unspecified atom stereocenters. The highest BCUT2D eigenvalue weighted by molar-refractivity contribution is 5.89. The Morgan fingerprint density at radius 3 is 2.58 bits per heavy atom. The van der Waals surface area contributed by atoms with E-state index in [1.165, 1.54) is 11.8 Å². The van der Waals surface area contributed by atoms with Crippen LogP contribution < -0.4 is 4.84 Å². The van der Waals surface area contributed by atoms with Gasteiger partial charge < -0.3 is 9.57 Å². The van der Waals surface area contributed by atoms with Gasteiger partial charge in [0.2, 0.25) is 0 Å². The zero-order valence-corrected chi connectivity index (χ0v) is 11.2. The molecule has 1 heterocycles. The number of rotatable bonds is 4. The first-order chi connectivity index (χ1) is 9.19. The van der Waals surface area contributed by atoms with Crippen LogP contribution >= 0.6 is 0 Å². The Bertz CT molecular complexity index is 576. The molecule has 0 radical (unpaired) electrons. The molecule has 0 aliphatic heterocycles. The van der Waals surface area contributed by atoms with E-state index in [1.807, 2.05) is 30.3 Å². The van der Waals surface area contributed by atoms with Crippen molar-refractivity contribution in [1.82, 2.24) is 9.71 Å². The van der Waals surface area contributed by atoms with Crippen molar-refractivity contribution in [2.75, 3.05) is 13.7 Å². The molecule has 2 rings (SSSR count). The Balaban J connectivity index is 2.53. The van der Waals surface area contributed by atoms with Crippen LogP contribution in [0.25, 0.3) is 11.4 Å². The van der Waals surface area contributed by atoms with Gasteiger partial charge >= 0.3 is 5.97 Å². The molecule has 0 spiro atoms. The van der Waals surface area contributed by atoms with Gasteiger partial charge in [0.25, 0.3) is 0 Å². The minimum absolute atomic E-state index is 0.313. The van der Waals surface area contributed by atoms with E-state index < -0.39 is 5.97 Å². The Kier molecular flexibility index (Phi) is 3.85. The largest absolute Gasteiger partial charge is 0.461 e. The van der Waals surface area contributed by atoms with Crippen LogP contribution in [0.5, 0.6) is 0 Å². The molecule has 0 saturated heterocycles. The van der Waals surface area contributed by atoms with Crippen LogP contribution in [-0.4, -0.2) is 29.4 Å². The summed E-state index contributed by atoms with van der Waals surface area (Å²) in [6.45, 7) is 3.83. The van der Waals surface area contributed by atoms with Crippen LogP contribution in [0.15, 0.2) is 30.3 Å². The van der Waals surface area contributed by atoms with Crippen molar-refractivity contribution in [3.8, 4) is 11.4 Å². The number of nitrogens with zero attached hydrogens (tertiary/aromatic N) is 2. The first-order valence-corrected chi connectivity index (χ1v) is 6.05. The van der Waals surface area contributed by atoms with E-state index in [1.54, 1.807) is 13.8 Å². The molecule has 5 heteroatoms. The smallest absolute Gasteiger partial charge is 0.360 e. The SMILES string of the molecule is CCOC(=O)c1c(C)nc(-c2ccccc2)n1OC. The number of hydrogen-bond donors (Lipinski definition) is 0. The number of benzene rings is 1. The topological polar surface area (TPSA) is 53.3 Å². The van der Waals surface area contributed by atoms with Gasteiger partial charge in [0.05, 0.1) is 12.3 Å². The van der Waals surface area contributed by atoms with Gasteiger partial charge in [-0.2, -0.15) is 4.73 Å². The average molecular weight is 260 g/mol. The summed E-state index contributed by atoms with van der Waals surface area (Å²) in [7, 11) is 1.50. The van der Waals surface area contributed by atoms with Gasteiger partial charge in [0, 0.05) is 5.56 Å². The molecule has 1 aromatic heterocycles. The highest BCUT2D eigenvalue weighted by Crippen LogP contribution is 2.21. The second-order valence-corrected chi connectivity index (χ2v) is 3.93. The molecular weight excluding hydrogens is 244 g/mol. The molecular formula is C14H16N2O3. The van der Waals surface area contributed by atoms with Crippen LogP contribution in [0.4, 0.5) is 0 Å². The fourth-order valence-electron chi connectivity index (χ4n) is 1.89. The van der Waals surface area contributed by atoms with Gasteiger partial charge in [-0.15, -0.1) is 0 Å². The van der Waals surface area contributed by atoms with Gasteiger partial charge in [-0.1, -0.05) is 30.3 Å². The van der Waals surface area contributed by atoms with Crippen molar-refractivity contribution >= 4 is 5.97 Å². The van der Waals surface area contributed by atoms with Crippen molar-refractivity contribution in [3.63, 3.8) is 0 Å². The number of esters is 1. The monoisotopic (exact) mass is 260 g/mol. The molecule has 0 saturated carbocycles. The maximum absolute atomic E-state index is 11.9. The third-order valence-corrected chi connectivity index (χ3v) is 2.70. The summed E-state index contributed by atoms with van der Waals surface area (Å²) in [4.78, 5) is 21.6. The molecule has 0 atom stereocenters. The molecule has 0 aliphatic carbocycles. The summed E-state index contributed by atoms with van der Waals surface area (Å²) in [5, 5.41) is 0. The molecule has 100 valence electrons. The molecule has 0 fully saturated rings.